The van der Waals surface area contributed by atoms with Gasteiger partial charge in [-0.25, -0.2) is 0 Å². The van der Waals surface area contributed by atoms with Crippen LogP contribution in [0.5, 0.6) is 0 Å². The fourth-order valence-corrected chi connectivity index (χ4v) is 2.41. The van der Waals surface area contributed by atoms with Crippen molar-refractivity contribution in [1.82, 2.24) is 10.6 Å². The second-order valence-electron chi connectivity index (χ2n) is 3.57. The van der Waals surface area contributed by atoms with Crippen LogP contribution < -0.4 is 10.6 Å². The fourth-order valence-electron chi connectivity index (χ4n) is 1.45. The van der Waals surface area contributed by atoms with Crippen molar-refractivity contribution in [2.24, 2.45) is 0 Å². The SMILES string of the molecule is CNC(=O)CCNC(C)c1sccc1C. The van der Waals surface area contributed by atoms with E-state index in [1.165, 1.54) is 10.4 Å². The van der Waals surface area contributed by atoms with Crippen molar-refractivity contribution in [2.75, 3.05) is 13.6 Å². The molecule has 1 aromatic rings. The molecule has 1 heterocycles. The number of nitrogens with one attached hydrogen (secondary N) is 2. The summed E-state index contributed by atoms with van der Waals surface area (Å²) >= 11 is 1.76. The van der Waals surface area contributed by atoms with Crippen molar-refractivity contribution >= 4 is 17.2 Å². The summed E-state index contributed by atoms with van der Waals surface area (Å²) < 4.78 is 0. The van der Waals surface area contributed by atoms with Crippen LogP contribution in [0.2, 0.25) is 0 Å². The lowest BCUT2D eigenvalue weighted by Crippen LogP contribution is -2.26. The summed E-state index contributed by atoms with van der Waals surface area (Å²) in [5.74, 6) is 0.0811. The average molecular weight is 226 g/mol. The number of aryl methyl sites for hydroxylation is 1. The Balaban J connectivity index is 2.34. The van der Waals surface area contributed by atoms with E-state index in [4.69, 9.17) is 0 Å². The number of thiophene rings is 1. The van der Waals surface area contributed by atoms with E-state index in [9.17, 15) is 4.79 Å². The number of amides is 1. The lowest BCUT2D eigenvalue weighted by Gasteiger charge is -2.12. The molecule has 1 atom stereocenters. The summed E-state index contributed by atoms with van der Waals surface area (Å²) in [6.07, 6.45) is 0.533. The van der Waals surface area contributed by atoms with E-state index >= 15 is 0 Å². The van der Waals surface area contributed by atoms with Gasteiger partial charge in [0.15, 0.2) is 0 Å². The topological polar surface area (TPSA) is 41.1 Å². The van der Waals surface area contributed by atoms with Gasteiger partial charge in [0.1, 0.15) is 0 Å². The molecular weight excluding hydrogens is 208 g/mol. The number of hydrogen-bond donors (Lipinski definition) is 2. The molecule has 1 unspecified atom stereocenters. The maximum absolute atomic E-state index is 11.0. The first-order valence-electron chi connectivity index (χ1n) is 5.13. The van der Waals surface area contributed by atoms with E-state index in [2.05, 4.69) is 35.9 Å². The fraction of sp³-hybridized carbons (Fsp3) is 0.545. The molecule has 1 aromatic heterocycles. The van der Waals surface area contributed by atoms with Crippen LogP contribution in [0.25, 0.3) is 0 Å². The molecule has 0 saturated heterocycles. The largest absolute Gasteiger partial charge is 0.359 e. The van der Waals surface area contributed by atoms with Gasteiger partial charge in [0, 0.05) is 30.9 Å². The van der Waals surface area contributed by atoms with Crippen molar-refractivity contribution in [3.8, 4) is 0 Å². The zero-order chi connectivity index (χ0) is 11.3. The molecule has 0 saturated carbocycles. The van der Waals surface area contributed by atoms with Crippen LogP contribution in [-0.2, 0) is 4.79 Å². The smallest absolute Gasteiger partial charge is 0.221 e. The van der Waals surface area contributed by atoms with Crippen molar-refractivity contribution in [3.05, 3.63) is 21.9 Å². The molecule has 0 aliphatic heterocycles. The van der Waals surface area contributed by atoms with E-state index in [1.807, 2.05) is 0 Å². The highest BCUT2D eigenvalue weighted by Gasteiger charge is 2.09. The highest BCUT2D eigenvalue weighted by molar-refractivity contribution is 7.10. The first-order valence-corrected chi connectivity index (χ1v) is 6.01. The molecule has 0 aliphatic rings. The molecule has 0 bridgehead atoms. The van der Waals surface area contributed by atoms with Gasteiger partial charge in [0.2, 0.25) is 5.91 Å². The number of carbonyl (C=O) groups excluding carboxylic acids is 1. The molecule has 0 fully saturated rings. The molecule has 2 N–H and O–H groups in total. The van der Waals surface area contributed by atoms with Gasteiger partial charge in [0.05, 0.1) is 0 Å². The highest BCUT2D eigenvalue weighted by Crippen LogP contribution is 2.23. The van der Waals surface area contributed by atoms with Crippen molar-refractivity contribution < 1.29 is 4.79 Å². The molecule has 1 rings (SSSR count). The Labute approximate surface area is 94.9 Å². The summed E-state index contributed by atoms with van der Waals surface area (Å²) in [4.78, 5) is 12.4. The summed E-state index contributed by atoms with van der Waals surface area (Å²) in [5, 5.41) is 8.05. The molecule has 15 heavy (non-hydrogen) atoms. The Hall–Kier alpha value is -0.870. The second-order valence-corrected chi connectivity index (χ2v) is 4.51. The molecule has 0 radical (unpaired) electrons. The van der Waals surface area contributed by atoms with Crippen molar-refractivity contribution in [3.63, 3.8) is 0 Å². The lowest BCUT2D eigenvalue weighted by molar-refractivity contribution is -0.120. The standard InChI is InChI=1S/C11H18N2OS/c1-8-5-7-15-11(8)9(2)13-6-4-10(14)12-3/h5,7,9,13H,4,6H2,1-3H3,(H,12,14). The van der Waals surface area contributed by atoms with Crippen LogP contribution in [0.15, 0.2) is 11.4 Å². The minimum Gasteiger partial charge on any atom is -0.359 e. The Morgan fingerprint density at radius 3 is 2.87 bits per heavy atom. The summed E-state index contributed by atoms with van der Waals surface area (Å²) in [5.41, 5.74) is 1.32. The van der Waals surface area contributed by atoms with Crippen LogP contribution in [0.1, 0.15) is 29.8 Å². The predicted molar refractivity (Wildman–Crippen MR) is 64.2 cm³/mol. The van der Waals surface area contributed by atoms with Gasteiger partial charge in [-0.15, -0.1) is 11.3 Å². The summed E-state index contributed by atoms with van der Waals surface area (Å²) in [6.45, 7) is 4.96. The summed E-state index contributed by atoms with van der Waals surface area (Å²) in [7, 11) is 1.66. The van der Waals surface area contributed by atoms with Crippen molar-refractivity contribution in [1.29, 1.82) is 0 Å². The number of hydrogen-bond acceptors (Lipinski definition) is 3. The minimum atomic E-state index is 0.0811. The molecule has 0 spiro atoms. The molecule has 0 aromatic carbocycles. The van der Waals surface area contributed by atoms with Gasteiger partial charge >= 0.3 is 0 Å². The number of carbonyl (C=O) groups is 1. The molecule has 84 valence electrons. The van der Waals surface area contributed by atoms with Gasteiger partial charge in [-0.3, -0.25) is 4.79 Å². The lowest BCUT2D eigenvalue weighted by atomic mass is 10.2. The maximum atomic E-state index is 11.0. The van der Waals surface area contributed by atoms with Crippen LogP contribution >= 0.6 is 11.3 Å². The van der Waals surface area contributed by atoms with Gasteiger partial charge < -0.3 is 10.6 Å². The molecule has 0 aliphatic carbocycles. The minimum absolute atomic E-state index is 0.0811. The first kappa shape index (κ1) is 12.2. The number of rotatable bonds is 5. The van der Waals surface area contributed by atoms with Crippen LogP contribution in [0.4, 0.5) is 0 Å². The van der Waals surface area contributed by atoms with Gasteiger partial charge in [-0.1, -0.05) is 0 Å². The average Bonchev–Trinajstić information content (AvgIpc) is 2.64. The molecule has 1 amide bonds. The third-order valence-corrected chi connectivity index (χ3v) is 3.58. The zero-order valence-electron chi connectivity index (χ0n) is 9.46. The molecule has 4 heteroatoms. The predicted octanol–water partition coefficient (Wildman–Crippen LogP) is 1.84. The first-order chi connectivity index (χ1) is 7.15. The van der Waals surface area contributed by atoms with E-state index in [1.54, 1.807) is 18.4 Å². The van der Waals surface area contributed by atoms with Crippen molar-refractivity contribution in [2.45, 2.75) is 26.3 Å². The second kappa shape index (κ2) is 5.88. The molecular formula is C11H18N2OS. The Morgan fingerprint density at radius 2 is 2.33 bits per heavy atom. The monoisotopic (exact) mass is 226 g/mol. The van der Waals surface area contributed by atoms with E-state index in [-0.39, 0.29) is 5.91 Å². The van der Waals surface area contributed by atoms with Gasteiger partial charge in [-0.05, 0) is 30.9 Å². The molecule has 3 nitrogen and oxygen atoms in total. The van der Waals surface area contributed by atoms with Crippen LogP contribution in [0.3, 0.4) is 0 Å². The quantitative estimate of drug-likeness (QED) is 0.804. The summed E-state index contributed by atoms with van der Waals surface area (Å²) in [6, 6.07) is 2.45. The maximum Gasteiger partial charge on any atom is 0.221 e. The Kier molecular flexibility index (Phi) is 4.78. The third kappa shape index (κ3) is 3.64. The third-order valence-electron chi connectivity index (χ3n) is 2.38. The van der Waals surface area contributed by atoms with E-state index in [0.29, 0.717) is 12.5 Å². The highest BCUT2D eigenvalue weighted by atomic mass is 32.1. The Morgan fingerprint density at radius 1 is 1.60 bits per heavy atom. The van der Waals surface area contributed by atoms with E-state index in [0.717, 1.165) is 6.54 Å². The Bertz CT molecular complexity index is 322. The van der Waals surface area contributed by atoms with Gasteiger partial charge in [0.25, 0.3) is 0 Å². The zero-order valence-corrected chi connectivity index (χ0v) is 10.3. The normalized spacial score (nSPS) is 12.5. The van der Waals surface area contributed by atoms with Crippen LogP contribution in [-0.4, -0.2) is 19.5 Å². The van der Waals surface area contributed by atoms with Gasteiger partial charge in [-0.2, -0.15) is 0 Å². The van der Waals surface area contributed by atoms with Crippen LogP contribution in [0, 0.1) is 6.92 Å². The van der Waals surface area contributed by atoms with E-state index < -0.39 is 0 Å².